The Labute approximate surface area is 72.0 Å². The van der Waals surface area contributed by atoms with Gasteiger partial charge in [0.1, 0.15) is 11.6 Å². The van der Waals surface area contributed by atoms with Gasteiger partial charge in [-0.2, -0.15) is 0 Å². The van der Waals surface area contributed by atoms with Gasteiger partial charge in [0.25, 0.3) is 0 Å². The van der Waals surface area contributed by atoms with Crippen molar-refractivity contribution in [3.05, 3.63) is 27.1 Å². The first kappa shape index (κ1) is 7.78. The fourth-order valence-electron chi connectivity index (χ4n) is 0.636. The van der Waals surface area contributed by atoms with Crippen LogP contribution in [-0.4, -0.2) is 5.11 Å². The number of rotatable bonds is 0. The molecule has 0 amide bonds. The van der Waals surface area contributed by atoms with E-state index in [2.05, 4.69) is 0 Å². The van der Waals surface area contributed by atoms with Crippen LogP contribution >= 0.6 is 22.6 Å². The van der Waals surface area contributed by atoms with Gasteiger partial charge in [-0.15, -0.1) is 0 Å². The topological polar surface area (TPSA) is 20.2 Å². The van der Waals surface area contributed by atoms with Gasteiger partial charge >= 0.3 is 0 Å². The molecule has 3 heteroatoms. The van der Waals surface area contributed by atoms with E-state index in [9.17, 15) is 4.39 Å². The summed E-state index contributed by atoms with van der Waals surface area (Å²) < 4.78 is 12.9. The molecule has 1 rings (SSSR count). The minimum Gasteiger partial charge on any atom is -0.506 e. The van der Waals surface area contributed by atoms with Crippen LogP contribution in [0.3, 0.4) is 0 Å². The van der Waals surface area contributed by atoms with Crippen molar-refractivity contribution in [3.8, 4) is 5.75 Å². The van der Waals surface area contributed by atoms with Crippen molar-refractivity contribution in [1.29, 1.82) is 0 Å². The number of benzene rings is 1. The van der Waals surface area contributed by atoms with E-state index in [1.54, 1.807) is 35.6 Å². The first-order chi connectivity index (χ1) is 4.63. The second-order valence-corrected chi connectivity index (χ2v) is 3.11. The molecule has 10 heavy (non-hydrogen) atoms. The van der Waals surface area contributed by atoms with Crippen molar-refractivity contribution in [2.24, 2.45) is 0 Å². The molecule has 0 aliphatic rings. The SMILES string of the molecule is Cc1ccc(F)c(I)c1O. The fraction of sp³-hybridized carbons (Fsp3) is 0.143. The van der Waals surface area contributed by atoms with Crippen LogP contribution < -0.4 is 0 Å². The number of phenolic OH excluding ortho intramolecular Hbond substituents is 1. The lowest BCUT2D eigenvalue weighted by atomic mass is 10.2. The van der Waals surface area contributed by atoms with E-state index in [0.29, 0.717) is 5.56 Å². The number of halogens is 2. The molecule has 54 valence electrons. The van der Waals surface area contributed by atoms with Crippen LogP contribution in [0.2, 0.25) is 0 Å². The van der Waals surface area contributed by atoms with Crippen molar-refractivity contribution in [2.75, 3.05) is 0 Å². The summed E-state index contributed by atoms with van der Waals surface area (Å²) in [4.78, 5) is 0. The van der Waals surface area contributed by atoms with Gasteiger partial charge in [0, 0.05) is 0 Å². The number of hydrogen-bond acceptors (Lipinski definition) is 1. The molecule has 0 unspecified atom stereocenters. The summed E-state index contributed by atoms with van der Waals surface area (Å²) >= 11 is 1.77. The van der Waals surface area contributed by atoms with Crippen molar-refractivity contribution in [3.63, 3.8) is 0 Å². The monoisotopic (exact) mass is 252 g/mol. The van der Waals surface area contributed by atoms with E-state index in [0.717, 1.165) is 0 Å². The molecule has 0 aliphatic carbocycles. The fourth-order valence-corrected chi connectivity index (χ4v) is 1.24. The van der Waals surface area contributed by atoms with Gasteiger partial charge < -0.3 is 5.11 Å². The van der Waals surface area contributed by atoms with E-state index < -0.39 is 0 Å². The Morgan fingerprint density at radius 1 is 1.50 bits per heavy atom. The van der Waals surface area contributed by atoms with Gasteiger partial charge in [-0.05, 0) is 41.1 Å². The Balaban J connectivity index is 3.34. The van der Waals surface area contributed by atoms with Crippen molar-refractivity contribution in [1.82, 2.24) is 0 Å². The predicted molar refractivity (Wildman–Crippen MR) is 45.5 cm³/mol. The molecule has 0 saturated heterocycles. The molecular formula is C7H6FIO. The van der Waals surface area contributed by atoms with Gasteiger partial charge in [-0.25, -0.2) is 4.39 Å². The van der Waals surface area contributed by atoms with Crippen LogP contribution in [0.25, 0.3) is 0 Å². The normalized spacial score (nSPS) is 9.90. The average molecular weight is 252 g/mol. The lowest BCUT2D eigenvalue weighted by Crippen LogP contribution is -1.84. The number of aryl methyl sites for hydroxylation is 1. The zero-order chi connectivity index (χ0) is 7.72. The van der Waals surface area contributed by atoms with Crippen LogP contribution in [0.5, 0.6) is 5.75 Å². The largest absolute Gasteiger partial charge is 0.506 e. The van der Waals surface area contributed by atoms with Crippen LogP contribution in [0.4, 0.5) is 4.39 Å². The molecule has 0 atom stereocenters. The minimum atomic E-state index is -0.372. The Kier molecular flexibility index (Phi) is 2.13. The van der Waals surface area contributed by atoms with E-state index in [1.807, 2.05) is 0 Å². The number of phenols is 1. The standard InChI is InChI=1S/C7H6FIO/c1-4-2-3-5(8)6(9)7(4)10/h2-3,10H,1H3. The lowest BCUT2D eigenvalue weighted by Gasteiger charge is -2.00. The average Bonchev–Trinajstić information content (AvgIpc) is 1.93. The van der Waals surface area contributed by atoms with Gasteiger partial charge in [-0.3, -0.25) is 0 Å². The molecular weight excluding hydrogens is 246 g/mol. The molecule has 1 aromatic carbocycles. The van der Waals surface area contributed by atoms with E-state index in [-0.39, 0.29) is 15.1 Å². The van der Waals surface area contributed by atoms with E-state index >= 15 is 0 Å². The highest BCUT2D eigenvalue weighted by atomic mass is 127. The number of hydrogen-bond donors (Lipinski definition) is 1. The van der Waals surface area contributed by atoms with Crippen LogP contribution in [0.15, 0.2) is 12.1 Å². The predicted octanol–water partition coefficient (Wildman–Crippen LogP) is 2.44. The lowest BCUT2D eigenvalue weighted by molar-refractivity contribution is 0.459. The Morgan fingerprint density at radius 3 is 2.60 bits per heavy atom. The third-order valence-corrected chi connectivity index (χ3v) is 2.30. The highest BCUT2D eigenvalue weighted by Crippen LogP contribution is 2.25. The summed E-state index contributed by atoms with van der Waals surface area (Å²) in [6, 6.07) is 2.89. The maximum atomic E-state index is 12.6. The van der Waals surface area contributed by atoms with Crippen LogP contribution in [0.1, 0.15) is 5.56 Å². The van der Waals surface area contributed by atoms with Crippen molar-refractivity contribution in [2.45, 2.75) is 6.92 Å². The molecule has 0 bridgehead atoms. The quantitative estimate of drug-likeness (QED) is 0.703. The first-order valence-electron chi connectivity index (χ1n) is 2.76. The molecule has 1 aromatic rings. The Bertz CT molecular complexity index is 233. The molecule has 0 heterocycles. The summed E-state index contributed by atoms with van der Waals surface area (Å²) in [6.45, 7) is 1.73. The first-order valence-corrected chi connectivity index (χ1v) is 3.84. The third kappa shape index (κ3) is 1.23. The molecule has 0 radical (unpaired) electrons. The Morgan fingerprint density at radius 2 is 2.10 bits per heavy atom. The van der Waals surface area contributed by atoms with Crippen LogP contribution in [-0.2, 0) is 0 Å². The van der Waals surface area contributed by atoms with Crippen molar-refractivity contribution >= 4 is 22.6 Å². The molecule has 0 spiro atoms. The van der Waals surface area contributed by atoms with Crippen molar-refractivity contribution < 1.29 is 9.50 Å². The number of aromatic hydroxyl groups is 1. The highest BCUT2D eigenvalue weighted by Gasteiger charge is 2.05. The summed E-state index contributed by atoms with van der Waals surface area (Å²) in [6.07, 6.45) is 0. The summed E-state index contributed by atoms with van der Waals surface area (Å²) in [7, 11) is 0. The molecule has 1 N–H and O–H groups in total. The Hall–Kier alpha value is -0.320. The van der Waals surface area contributed by atoms with E-state index in [1.165, 1.54) is 6.07 Å². The molecule has 0 aromatic heterocycles. The zero-order valence-corrected chi connectivity index (χ0v) is 7.52. The van der Waals surface area contributed by atoms with Gasteiger partial charge in [0.05, 0.1) is 3.57 Å². The van der Waals surface area contributed by atoms with Gasteiger partial charge in [0.2, 0.25) is 0 Å². The smallest absolute Gasteiger partial charge is 0.140 e. The van der Waals surface area contributed by atoms with E-state index in [4.69, 9.17) is 5.11 Å². The van der Waals surface area contributed by atoms with Gasteiger partial charge in [0.15, 0.2) is 0 Å². The zero-order valence-electron chi connectivity index (χ0n) is 5.36. The third-order valence-electron chi connectivity index (χ3n) is 1.27. The minimum absolute atomic E-state index is 0.0422. The molecule has 0 aliphatic heterocycles. The summed E-state index contributed by atoms with van der Waals surface area (Å²) in [5.74, 6) is -0.329. The molecule has 0 fully saturated rings. The second-order valence-electron chi connectivity index (χ2n) is 2.03. The summed E-state index contributed by atoms with van der Waals surface area (Å²) in [5, 5.41) is 9.14. The van der Waals surface area contributed by atoms with Gasteiger partial charge in [-0.1, -0.05) is 6.07 Å². The maximum absolute atomic E-state index is 12.6. The molecule has 1 nitrogen and oxygen atoms in total. The highest BCUT2D eigenvalue weighted by molar-refractivity contribution is 14.1. The molecule has 0 saturated carbocycles. The van der Waals surface area contributed by atoms with Crippen LogP contribution in [0, 0.1) is 16.3 Å². The second kappa shape index (κ2) is 2.74. The summed E-state index contributed by atoms with van der Waals surface area (Å²) in [5.41, 5.74) is 0.700. The maximum Gasteiger partial charge on any atom is 0.140 e.